The van der Waals surface area contributed by atoms with Crippen LogP contribution in [0.4, 0.5) is 5.69 Å². The van der Waals surface area contributed by atoms with Crippen molar-refractivity contribution in [2.45, 2.75) is 39.5 Å². The molecule has 0 saturated carbocycles. The van der Waals surface area contributed by atoms with E-state index >= 15 is 0 Å². The maximum atomic E-state index is 10.8. The van der Waals surface area contributed by atoms with E-state index < -0.39 is 17.3 Å². The smallest absolute Gasteiger partial charge is 0.308 e. The van der Waals surface area contributed by atoms with Gasteiger partial charge in [-0.1, -0.05) is 20.3 Å². The molecule has 0 saturated heterocycles. The van der Waals surface area contributed by atoms with Gasteiger partial charge in [-0.25, -0.2) is 0 Å². The minimum Gasteiger partial charge on any atom is -0.494 e. The van der Waals surface area contributed by atoms with Gasteiger partial charge in [0.15, 0.2) is 0 Å². The molecule has 0 aliphatic heterocycles. The molecule has 22 heavy (non-hydrogen) atoms. The lowest BCUT2D eigenvalue weighted by Crippen LogP contribution is -2.05. The predicted molar refractivity (Wildman–Crippen MR) is 84.2 cm³/mol. The summed E-state index contributed by atoms with van der Waals surface area (Å²) in [6, 6.07) is 4.19. The zero-order valence-corrected chi connectivity index (χ0v) is 11.8. The number of carboxylic acids is 1. The van der Waals surface area contributed by atoms with Gasteiger partial charge in [-0.05, 0) is 31.5 Å². The van der Waals surface area contributed by atoms with Gasteiger partial charge in [0.25, 0.3) is 5.69 Å². The highest BCUT2D eigenvalue weighted by atomic mass is 16.6. The third kappa shape index (κ3) is 7.03. The van der Waals surface area contributed by atoms with E-state index in [2.05, 4.69) is 0 Å². The number of rotatable bonds is 10. The number of aliphatic carboxylic acids is 1. The van der Waals surface area contributed by atoms with Gasteiger partial charge in [-0.3, -0.25) is 14.9 Å². The van der Waals surface area contributed by atoms with E-state index in [-0.39, 0.29) is 18.7 Å². The molecular formula is C15H24N2O5. The Morgan fingerprint density at radius 1 is 1.27 bits per heavy atom. The van der Waals surface area contributed by atoms with Crippen LogP contribution >= 0.6 is 0 Å². The summed E-state index contributed by atoms with van der Waals surface area (Å²) in [6.45, 7) is 1.18. The molecular weight excluding hydrogens is 288 g/mol. The molecule has 1 aromatic rings. The highest BCUT2D eigenvalue weighted by Gasteiger charge is 2.17. The van der Waals surface area contributed by atoms with Crippen LogP contribution in [-0.4, -0.2) is 29.2 Å². The van der Waals surface area contributed by atoms with Crippen LogP contribution in [0.15, 0.2) is 18.2 Å². The standard InChI is InChI=1S/C14H20N2O5.CH4/c15-7-3-1-2-4-8-21-12-5-6-13(16(19)20)11(9-12)10-14(17)18;/h5-6,9H,1-4,7-8,10,15H2,(H,17,18);1H4. The molecule has 0 amide bonds. The summed E-state index contributed by atoms with van der Waals surface area (Å²) in [4.78, 5) is 21.0. The van der Waals surface area contributed by atoms with Crippen LogP contribution in [-0.2, 0) is 11.2 Å². The Balaban J connectivity index is 0.00000441. The van der Waals surface area contributed by atoms with Crippen molar-refractivity contribution in [3.63, 3.8) is 0 Å². The Bertz CT molecular complexity index is 491. The minimum atomic E-state index is -1.11. The molecule has 3 N–H and O–H groups in total. The van der Waals surface area contributed by atoms with Gasteiger partial charge < -0.3 is 15.6 Å². The molecule has 0 radical (unpaired) electrons. The average molecular weight is 312 g/mol. The van der Waals surface area contributed by atoms with E-state index in [4.69, 9.17) is 15.6 Å². The van der Waals surface area contributed by atoms with Gasteiger partial charge in [0, 0.05) is 11.6 Å². The van der Waals surface area contributed by atoms with Gasteiger partial charge in [0.05, 0.1) is 18.0 Å². The van der Waals surface area contributed by atoms with Crippen molar-refractivity contribution < 1.29 is 19.6 Å². The third-order valence-corrected chi connectivity index (χ3v) is 2.96. The first-order valence-electron chi connectivity index (χ1n) is 6.86. The van der Waals surface area contributed by atoms with Gasteiger partial charge in [-0.2, -0.15) is 0 Å². The van der Waals surface area contributed by atoms with E-state index in [0.717, 1.165) is 25.7 Å². The summed E-state index contributed by atoms with van der Waals surface area (Å²) in [5, 5.41) is 19.6. The average Bonchev–Trinajstić information content (AvgIpc) is 2.42. The number of nitrogens with zero attached hydrogens (tertiary/aromatic N) is 1. The Kier molecular flexibility index (Phi) is 9.53. The number of nitrogens with two attached hydrogens (primary N) is 1. The van der Waals surface area contributed by atoms with Gasteiger partial charge in [-0.15, -0.1) is 0 Å². The van der Waals surface area contributed by atoms with Crippen LogP contribution in [0.2, 0.25) is 0 Å². The second kappa shape index (κ2) is 10.6. The van der Waals surface area contributed by atoms with Crippen LogP contribution in [0.25, 0.3) is 0 Å². The molecule has 0 atom stereocenters. The molecule has 7 heteroatoms. The number of nitro groups is 1. The van der Waals surface area contributed by atoms with Gasteiger partial charge in [0.1, 0.15) is 5.75 Å². The van der Waals surface area contributed by atoms with Crippen molar-refractivity contribution in [1.29, 1.82) is 0 Å². The number of carbonyl (C=O) groups is 1. The summed E-state index contributed by atoms with van der Waals surface area (Å²) in [7, 11) is 0. The van der Waals surface area contributed by atoms with Crippen molar-refractivity contribution in [3.05, 3.63) is 33.9 Å². The molecule has 0 fully saturated rings. The minimum absolute atomic E-state index is 0. The zero-order valence-electron chi connectivity index (χ0n) is 11.8. The Hall–Kier alpha value is -2.15. The van der Waals surface area contributed by atoms with Crippen LogP contribution in [0.1, 0.15) is 38.7 Å². The number of carboxylic acid groups (broad SMARTS) is 1. The SMILES string of the molecule is C.NCCCCCCOc1ccc([N+](=O)[O-])c(CC(=O)O)c1. The first-order valence-corrected chi connectivity index (χ1v) is 6.86. The lowest BCUT2D eigenvalue weighted by atomic mass is 10.1. The molecule has 1 rings (SSSR count). The highest BCUT2D eigenvalue weighted by molar-refractivity contribution is 5.72. The maximum Gasteiger partial charge on any atom is 0.308 e. The topological polar surface area (TPSA) is 116 Å². The summed E-state index contributed by atoms with van der Waals surface area (Å²) in [6.07, 6.45) is 3.51. The molecule has 0 aliphatic rings. The first kappa shape index (κ1) is 19.9. The molecule has 124 valence electrons. The predicted octanol–water partition coefficient (Wildman–Crippen LogP) is 2.76. The third-order valence-electron chi connectivity index (χ3n) is 2.96. The number of ether oxygens (including phenoxy) is 1. The zero-order chi connectivity index (χ0) is 15.7. The fourth-order valence-corrected chi connectivity index (χ4v) is 1.92. The van der Waals surface area contributed by atoms with E-state index in [1.807, 2.05) is 0 Å². The van der Waals surface area contributed by atoms with Crippen LogP contribution < -0.4 is 10.5 Å². The highest BCUT2D eigenvalue weighted by Crippen LogP contribution is 2.24. The van der Waals surface area contributed by atoms with Gasteiger partial charge in [0.2, 0.25) is 0 Å². The second-order valence-electron chi connectivity index (χ2n) is 4.67. The van der Waals surface area contributed by atoms with E-state index in [1.165, 1.54) is 18.2 Å². The molecule has 0 aromatic heterocycles. The Labute approximate surface area is 130 Å². The van der Waals surface area contributed by atoms with Crippen molar-refractivity contribution in [3.8, 4) is 5.75 Å². The number of unbranched alkanes of at least 4 members (excludes halogenated alkanes) is 3. The molecule has 0 unspecified atom stereocenters. The van der Waals surface area contributed by atoms with E-state index in [0.29, 0.717) is 18.9 Å². The summed E-state index contributed by atoms with van der Waals surface area (Å²) in [5.74, 6) is -0.660. The fourth-order valence-electron chi connectivity index (χ4n) is 1.92. The quantitative estimate of drug-likeness (QED) is 0.390. The molecule has 0 aliphatic carbocycles. The monoisotopic (exact) mass is 312 g/mol. The summed E-state index contributed by atoms with van der Waals surface area (Å²) in [5.41, 5.74) is 5.34. The molecule has 0 heterocycles. The lowest BCUT2D eigenvalue weighted by molar-refractivity contribution is -0.385. The normalized spacial score (nSPS) is 9.86. The first-order chi connectivity index (χ1) is 10.0. The maximum absolute atomic E-state index is 10.8. The largest absolute Gasteiger partial charge is 0.494 e. The van der Waals surface area contributed by atoms with Crippen molar-refractivity contribution in [2.24, 2.45) is 5.73 Å². The lowest BCUT2D eigenvalue weighted by Gasteiger charge is -2.08. The van der Waals surface area contributed by atoms with Crippen LogP contribution in [0.3, 0.4) is 0 Å². The van der Waals surface area contributed by atoms with Crippen molar-refractivity contribution in [2.75, 3.05) is 13.2 Å². The van der Waals surface area contributed by atoms with Crippen molar-refractivity contribution in [1.82, 2.24) is 0 Å². The molecule has 0 bridgehead atoms. The van der Waals surface area contributed by atoms with Gasteiger partial charge >= 0.3 is 5.97 Å². The summed E-state index contributed by atoms with van der Waals surface area (Å²) >= 11 is 0. The number of hydrogen-bond acceptors (Lipinski definition) is 5. The van der Waals surface area contributed by atoms with E-state index in [9.17, 15) is 14.9 Å². The van der Waals surface area contributed by atoms with Crippen molar-refractivity contribution >= 4 is 11.7 Å². The summed E-state index contributed by atoms with van der Waals surface area (Å²) < 4.78 is 5.50. The number of nitro benzene ring substituents is 1. The fraction of sp³-hybridized carbons (Fsp3) is 0.533. The van der Waals surface area contributed by atoms with Crippen LogP contribution in [0.5, 0.6) is 5.75 Å². The second-order valence-corrected chi connectivity index (χ2v) is 4.67. The number of hydrogen-bond donors (Lipinski definition) is 2. The Morgan fingerprint density at radius 2 is 1.95 bits per heavy atom. The Morgan fingerprint density at radius 3 is 2.55 bits per heavy atom. The molecule has 7 nitrogen and oxygen atoms in total. The molecule has 1 aromatic carbocycles. The number of benzene rings is 1. The van der Waals surface area contributed by atoms with E-state index in [1.54, 1.807) is 0 Å². The van der Waals surface area contributed by atoms with Crippen LogP contribution in [0, 0.1) is 10.1 Å². The molecule has 0 spiro atoms.